The van der Waals surface area contributed by atoms with Crippen LogP contribution in [0.25, 0.3) is 10.9 Å². The molecule has 9 heteroatoms. The summed E-state index contributed by atoms with van der Waals surface area (Å²) in [6, 6.07) is 11.1. The number of carbonyl (C=O) groups is 1. The van der Waals surface area contributed by atoms with Crippen LogP contribution in [-0.4, -0.2) is 55.1 Å². The van der Waals surface area contributed by atoms with E-state index in [0.29, 0.717) is 31.0 Å². The number of halogens is 1. The van der Waals surface area contributed by atoms with E-state index < -0.39 is 5.82 Å². The topological polar surface area (TPSA) is 93.8 Å². The van der Waals surface area contributed by atoms with Gasteiger partial charge >= 0.3 is 0 Å². The highest BCUT2D eigenvalue weighted by atomic mass is 19.1. The maximum absolute atomic E-state index is 15.2. The maximum Gasteiger partial charge on any atom is 0.228 e. The van der Waals surface area contributed by atoms with Crippen molar-refractivity contribution in [2.75, 3.05) is 44.5 Å². The molecule has 0 aliphatic carbocycles. The number of anilines is 2. The molecule has 1 aliphatic rings. The number of piperazine rings is 1. The first-order valence-corrected chi connectivity index (χ1v) is 9.46. The van der Waals surface area contributed by atoms with Crippen molar-refractivity contribution < 1.29 is 18.7 Å². The van der Waals surface area contributed by atoms with Gasteiger partial charge in [0.25, 0.3) is 0 Å². The van der Waals surface area contributed by atoms with Crippen molar-refractivity contribution in [1.82, 2.24) is 14.9 Å². The fraction of sp³-hybridized carbons (Fsp3) is 0.286. The molecule has 1 aliphatic heterocycles. The van der Waals surface area contributed by atoms with Crippen LogP contribution in [0.2, 0.25) is 0 Å². The van der Waals surface area contributed by atoms with Crippen LogP contribution in [0.4, 0.5) is 16.2 Å². The van der Waals surface area contributed by atoms with E-state index in [1.807, 2.05) is 35.2 Å². The normalized spacial score (nSPS) is 16.6. The molecule has 0 saturated carbocycles. The average molecular weight is 411 g/mol. The summed E-state index contributed by atoms with van der Waals surface area (Å²) in [5.74, 6) is -0.0539. The molecule has 1 atom stereocenters. The molecule has 156 valence electrons. The van der Waals surface area contributed by atoms with Crippen molar-refractivity contribution in [3.8, 4) is 11.5 Å². The maximum atomic E-state index is 15.2. The second kappa shape index (κ2) is 8.02. The Balaban J connectivity index is 1.84. The summed E-state index contributed by atoms with van der Waals surface area (Å²) in [6.45, 7) is 1.45. The van der Waals surface area contributed by atoms with Gasteiger partial charge in [-0.2, -0.15) is 4.98 Å². The summed E-state index contributed by atoms with van der Waals surface area (Å²) in [6.07, 6.45) is 0.833. The van der Waals surface area contributed by atoms with E-state index >= 15 is 4.39 Å². The third-order valence-electron chi connectivity index (χ3n) is 5.30. The molecule has 0 bridgehead atoms. The van der Waals surface area contributed by atoms with Gasteiger partial charge in [-0.3, -0.25) is 4.79 Å². The van der Waals surface area contributed by atoms with Crippen LogP contribution in [0, 0.1) is 5.82 Å². The molecule has 8 nitrogen and oxygen atoms in total. The fourth-order valence-corrected chi connectivity index (χ4v) is 3.77. The first-order valence-electron chi connectivity index (χ1n) is 9.46. The molecule has 30 heavy (non-hydrogen) atoms. The van der Waals surface area contributed by atoms with Crippen LogP contribution in [0.1, 0.15) is 11.6 Å². The monoisotopic (exact) mass is 411 g/mol. The van der Waals surface area contributed by atoms with E-state index in [4.69, 9.17) is 15.2 Å². The standard InChI is InChI=1S/C21H22FN5O3/c1-29-16-10-14-18(17(22)19(16)30-2)24-21(25-20(14)23)27-9-8-26(12-28)11-15(27)13-6-4-3-5-7-13/h3-7,10,12,15H,8-9,11H2,1-2H3,(H2,23,24,25)/t15-/m1/s1. The highest BCUT2D eigenvalue weighted by Gasteiger charge is 2.31. The highest BCUT2D eigenvalue weighted by molar-refractivity contribution is 5.92. The molecule has 1 fully saturated rings. The van der Waals surface area contributed by atoms with E-state index in [9.17, 15) is 4.79 Å². The van der Waals surface area contributed by atoms with Gasteiger partial charge in [0.2, 0.25) is 12.4 Å². The summed E-state index contributed by atoms with van der Waals surface area (Å²) in [5, 5.41) is 0.344. The van der Waals surface area contributed by atoms with Gasteiger partial charge in [0.15, 0.2) is 17.3 Å². The Hall–Kier alpha value is -3.62. The second-order valence-electron chi connectivity index (χ2n) is 6.95. The Bertz CT molecular complexity index is 1080. The largest absolute Gasteiger partial charge is 0.493 e. The van der Waals surface area contributed by atoms with Gasteiger partial charge in [-0.25, -0.2) is 9.37 Å². The number of amides is 1. The zero-order valence-electron chi connectivity index (χ0n) is 16.7. The van der Waals surface area contributed by atoms with Gasteiger partial charge in [-0.05, 0) is 11.6 Å². The van der Waals surface area contributed by atoms with E-state index in [-0.39, 0.29) is 28.9 Å². The molecule has 0 spiro atoms. The second-order valence-corrected chi connectivity index (χ2v) is 6.95. The van der Waals surface area contributed by atoms with Gasteiger partial charge in [-0.15, -0.1) is 0 Å². The van der Waals surface area contributed by atoms with Crippen molar-refractivity contribution in [3.05, 3.63) is 47.8 Å². The molecule has 2 aromatic carbocycles. The van der Waals surface area contributed by atoms with Crippen molar-refractivity contribution in [1.29, 1.82) is 0 Å². The number of methoxy groups -OCH3 is 2. The minimum Gasteiger partial charge on any atom is -0.493 e. The summed E-state index contributed by atoms with van der Waals surface area (Å²) < 4.78 is 25.5. The number of nitrogens with two attached hydrogens (primary N) is 1. The Kier molecular flexibility index (Phi) is 5.26. The number of carbonyl (C=O) groups excluding carboxylic acids is 1. The molecular formula is C21H22FN5O3. The van der Waals surface area contributed by atoms with Gasteiger partial charge in [0.05, 0.1) is 20.3 Å². The van der Waals surface area contributed by atoms with Crippen molar-refractivity contribution in [2.24, 2.45) is 0 Å². The summed E-state index contributed by atoms with van der Waals surface area (Å²) in [4.78, 5) is 23.9. The molecule has 4 rings (SSSR count). The van der Waals surface area contributed by atoms with Gasteiger partial charge in [0.1, 0.15) is 11.3 Å². The zero-order chi connectivity index (χ0) is 21.3. The Labute approximate surface area is 173 Å². The molecule has 3 aromatic rings. The molecule has 2 heterocycles. The van der Waals surface area contributed by atoms with Crippen LogP contribution in [0.5, 0.6) is 11.5 Å². The molecule has 1 amide bonds. The Morgan fingerprint density at radius 3 is 2.60 bits per heavy atom. The predicted octanol–water partition coefficient (Wildman–Crippen LogP) is 2.39. The van der Waals surface area contributed by atoms with Gasteiger partial charge in [-0.1, -0.05) is 30.3 Å². The number of benzene rings is 2. The van der Waals surface area contributed by atoms with E-state index in [2.05, 4.69) is 9.97 Å². The predicted molar refractivity (Wildman–Crippen MR) is 111 cm³/mol. The average Bonchev–Trinajstić information content (AvgIpc) is 2.79. The van der Waals surface area contributed by atoms with E-state index in [0.717, 1.165) is 12.0 Å². The molecule has 2 N–H and O–H groups in total. The lowest BCUT2D eigenvalue weighted by atomic mass is 10.0. The van der Waals surface area contributed by atoms with Crippen LogP contribution < -0.4 is 20.1 Å². The molecule has 0 radical (unpaired) electrons. The fourth-order valence-electron chi connectivity index (χ4n) is 3.77. The van der Waals surface area contributed by atoms with Crippen molar-refractivity contribution in [2.45, 2.75) is 6.04 Å². The zero-order valence-corrected chi connectivity index (χ0v) is 16.7. The number of fused-ring (bicyclic) bond motifs is 1. The molecule has 0 unspecified atom stereocenters. The molecule has 1 aromatic heterocycles. The highest BCUT2D eigenvalue weighted by Crippen LogP contribution is 2.38. The number of rotatable bonds is 5. The Morgan fingerprint density at radius 2 is 1.93 bits per heavy atom. The van der Waals surface area contributed by atoms with Crippen LogP contribution in [0.3, 0.4) is 0 Å². The first-order chi connectivity index (χ1) is 14.6. The third kappa shape index (κ3) is 3.32. The van der Waals surface area contributed by atoms with Crippen LogP contribution in [-0.2, 0) is 4.79 Å². The quantitative estimate of drug-likeness (QED) is 0.644. The molecular weight excluding hydrogens is 389 g/mol. The SMILES string of the molecule is COc1cc2c(N)nc(N3CCN(C=O)C[C@@H]3c3ccccc3)nc2c(F)c1OC. The summed E-state index contributed by atoms with van der Waals surface area (Å²) in [5.41, 5.74) is 7.23. The molecule has 1 saturated heterocycles. The summed E-state index contributed by atoms with van der Waals surface area (Å²) >= 11 is 0. The van der Waals surface area contributed by atoms with Crippen LogP contribution in [0.15, 0.2) is 36.4 Å². The Morgan fingerprint density at radius 1 is 1.17 bits per heavy atom. The third-order valence-corrected chi connectivity index (χ3v) is 5.30. The number of nitrogens with zero attached hydrogens (tertiary/aromatic N) is 4. The lowest BCUT2D eigenvalue weighted by Gasteiger charge is -2.40. The number of hydrogen-bond donors (Lipinski definition) is 1. The van der Waals surface area contributed by atoms with E-state index in [1.165, 1.54) is 14.2 Å². The lowest BCUT2D eigenvalue weighted by molar-refractivity contribution is -0.118. The van der Waals surface area contributed by atoms with Crippen molar-refractivity contribution in [3.63, 3.8) is 0 Å². The number of ether oxygens (including phenoxy) is 2. The summed E-state index contributed by atoms with van der Waals surface area (Å²) in [7, 11) is 2.79. The lowest BCUT2D eigenvalue weighted by Crippen LogP contribution is -2.48. The van der Waals surface area contributed by atoms with E-state index in [1.54, 1.807) is 11.0 Å². The smallest absolute Gasteiger partial charge is 0.228 e. The number of aromatic nitrogens is 2. The van der Waals surface area contributed by atoms with Gasteiger partial charge < -0.3 is 25.0 Å². The van der Waals surface area contributed by atoms with Crippen LogP contribution >= 0.6 is 0 Å². The van der Waals surface area contributed by atoms with Crippen molar-refractivity contribution >= 4 is 29.1 Å². The minimum absolute atomic E-state index is 0.0422. The van der Waals surface area contributed by atoms with Gasteiger partial charge in [0, 0.05) is 25.0 Å². The number of hydrogen-bond acceptors (Lipinski definition) is 7. The first kappa shape index (κ1) is 19.7. The number of nitrogen functional groups attached to an aromatic ring is 1. The minimum atomic E-state index is -0.662.